The number of hydrogen-bond donors (Lipinski definition) is 3. The van der Waals surface area contributed by atoms with Gasteiger partial charge in [-0.2, -0.15) is 12.6 Å². The van der Waals surface area contributed by atoms with Crippen LogP contribution in [-0.2, 0) is 0 Å². The molecule has 0 radical (unpaired) electrons. The quantitative estimate of drug-likeness (QED) is 0.621. The van der Waals surface area contributed by atoms with Crippen LogP contribution in [0.1, 0.15) is 29.5 Å². The number of hydrogen-bond acceptors (Lipinski definition) is 3. The summed E-state index contributed by atoms with van der Waals surface area (Å²) in [5.74, 6) is 0. The summed E-state index contributed by atoms with van der Waals surface area (Å²) in [5, 5.41) is 0.222. The average molecular weight is 185 g/mol. The fourth-order valence-electron chi connectivity index (χ4n) is 1.15. The summed E-state index contributed by atoms with van der Waals surface area (Å²) in [6.45, 7) is 2.73. The molecule has 68 valence electrons. The number of rotatable bonds is 4. The normalized spacial score (nSPS) is 13.2. The van der Waals surface area contributed by atoms with Gasteiger partial charge in [-0.05, 0) is 26.3 Å². The molecule has 1 atom stereocenters. The van der Waals surface area contributed by atoms with Gasteiger partial charge >= 0.3 is 0 Å². The topological polar surface area (TPSA) is 54.7 Å². The van der Waals surface area contributed by atoms with Crippen LogP contribution in [0.3, 0.4) is 0 Å². The number of imidazole rings is 1. The van der Waals surface area contributed by atoms with Crippen LogP contribution in [0.25, 0.3) is 0 Å². The lowest BCUT2D eigenvalue weighted by molar-refractivity contribution is 0.722. The van der Waals surface area contributed by atoms with Crippen molar-refractivity contribution in [3.63, 3.8) is 0 Å². The van der Waals surface area contributed by atoms with E-state index in [2.05, 4.69) is 22.6 Å². The van der Waals surface area contributed by atoms with Gasteiger partial charge in [0.15, 0.2) is 0 Å². The maximum atomic E-state index is 5.41. The van der Waals surface area contributed by atoms with E-state index in [1.165, 1.54) is 0 Å². The van der Waals surface area contributed by atoms with Crippen molar-refractivity contribution in [2.75, 3.05) is 6.54 Å². The van der Waals surface area contributed by atoms with E-state index in [1.807, 2.05) is 6.92 Å². The third-order valence-electron chi connectivity index (χ3n) is 1.87. The first-order valence-electron chi connectivity index (χ1n) is 4.13. The Morgan fingerprint density at radius 2 is 2.50 bits per heavy atom. The van der Waals surface area contributed by atoms with E-state index >= 15 is 0 Å². The minimum absolute atomic E-state index is 0.222. The highest BCUT2D eigenvalue weighted by molar-refractivity contribution is 7.80. The molecule has 0 fully saturated rings. The van der Waals surface area contributed by atoms with Crippen LogP contribution in [0.4, 0.5) is 0 Å². The lowest BCUT2D eigenvalue weighted by Crippen LogP contribution is -2.01. The summed E-state index contributed by atoms with van der Waals surface area (Å²) in [4.78, 5) is 7.23. The first kappa shape index (κ1) is 9.61. The van der Waals surface area contributed by atoms with E-state index in [-0.39, 0.29) is 5.25 Å². The number of thiol groups is 1. The van der Waals surface area contributed by atoms with E-state index in [1.54, 1.807) is 6.33 Å². The minimum Gasteiger partial charge on any atom is -0.348 e. The van der Waals surface area contributed by atoms with Crippen molar-refractivity contribution in [2.24, 2.45) is 5.73 Å². The Morgan fingerprint density at radius 3 is 3.00 bits per heavy atom. The first-order valence-corrected chi connectivity index (χ1v) is 4.65. The van der Waals surface area contributed by atoms with Gasteiger partial charge in [-0.3, -0.25) is 0 Å². The maximum absolute atomic E-state index is 5.41. The van der Waals surface area contributed by atoms with E-state index in [4.69, 9.17) is 5.73 Å². The zero-order valence-corrected chi connectivity index (χ0v) is 8.14. The molecule has 0 aliphatic heterocycles. The van der Waals surface area contributed by atoms with Crippen molar-refractivity contribution in [3.05, 3.63) is 17.7 Å². The molecule has 0 saturated heterocycles. The molecule has 4 heteroatoms. The van der Waals surface area contributed by atoms with Crippen molar-refractivity contribution >= 4 is 12.6 Å². The van der Waals surface area contributed by atoms with Crippen LogP contribution in [-0.4, -0.2) is 16.5 Å². The Hall–Kier alpha value is -0.480. The number of nitrogens with two attached hydrogens (primary N) is 1. The van der Waals surface area contributed by atoms with Gasteiger partial charge in [-0.25, -0.2) is 4.98 Å². The van der Waals surface area contributed by atoms with Gasteiger partial charge in [0.05, 0.1) is 12.0 Å². The average Bonchev–Trinajstić information content (AvgIpc) is 2.47. The molecule has 1 rings (SSSR count). The number of aromatic amines is 1. The first-order chi connectivity index (χ1) is 5.75. The second-order valence-corrected chi connectivity index (χ2v) is 3.48. The van der Waals surface area contributed by atoms with Gasteiger partial charge in [-0.1, -0.05) is 0 Å². The van der Waals surface area contributed by atoms with Gasteiger partial charge < -0.3 is 10.7 Å². The van der Waals surface area contributed by atoms with E-state index in [0.717, 1.165) is 30.8 Å². The third kappa shape index (κ3) is 2.25. The van der Waals surface area contributed by atoms with Crippen LogP contribution in [0.2, 0.25) is 0 Å². The number of H-pyrrole nitrogens is 1. The van der Waals surface area contributed by atoms with E-state index in [9.17, 15) is 0 Å². The van der Waals surface area contributed by atoms with Crippen molar-refractivity contribution in [3.8, 4) is 0 Å². The number of aromatic nitrogens is 2. The molecule has 0 aromatic carbocycles. The van der Waals surface area contributed by atoms with E-state index in [0.29, 0.717) is 0 Å². The third-order valence-corrected chi connectivity index (χ3v) is 2.37. The second kappa shape index (κ2) is 4.52. The molecule has 3 N–H and O–H groups in total. The van der Waals surface area contributed by atoms with Crippen LogP contribution in [0, 0.1) is 6.92 Å². The van der Waals surface area contributed by atoms with Gasteiger partial charge in [0.1, 0.15) is 0 Å². The zero-order valence-electron chi connectivity index (χ0n) is 7.25. The van der Waals surface area contributed by atoms with Crippen LogP contribution >= 0.6 is 12.6 Å². The molecular formula is C8H15N3S. The Kier molecular flexibility index (Phi) is 3.62. The highest BCUT2D eigenvalue weighted by Gasteiger charge is 2.10. The molecule has 0 bridgehead atoms. The molecule has 3 nitrogen and oxygen atoms in total. The Balaban J connectivity index is 2.52. The predicted octanol–water partition coefficient (Wildman–Crippen LogP) is 1.43. The van der Waals surface area contributed by atoms with Crippen LogP contribution in [0.5, 0.6) is 0 Å². The Bertz CT molecular complexity index is 234. The Labute approximate surface area is 78.2 Å². The summed E-state index contributed by atoms with van der Waals surface area (Å²) < 4.78 is 0. The minimum atomic E-state index is 0.222. The highest BCUT2D eigenvalue weighted by Crippen LogP contribution is 2.24. The lowest BCUT2D eigenvalue weighted by Gasteiger charge is -2.07. The molecular weight excluding hydrogens is 170 g/mol. The number of nitrogens with zero attached hydrogens (tertiary/aromatic N) is 1. The fraction of sp³-hybridized carbons (Fsp3) is 0.625. The van der Waals surface area contributed by atoms with Crippen molar-refractivity contribution in [1.29, 1.82) is 0 Å². The summed E-state index contributed by atoms with van der Waals surface area (Å²) >= 11 is 4.45. The molecule has 0 aliphatic carbocycles. The van der Waals surface area contributed by atoms with Crippen LogP contribution < -0.4 is 5.73 Å². The molecule has 1 unspecified atom stereocenters. The van der Waals surface area contributed by atoms with Crippen molar-refractivity contribution in [1.82, 2.24) is 9.97 Å². The molecule has 12 heavy (non-hydrogen) atoms. The van der Waals surface area contributed by atoms with E-state index < -0.39 is 0 Å². The maximum Gasteiger partial charge on any atom is 0.0925 e. The molecule has 0 aliphatic rings. The van der Waals surface area contributed by atoms with Gasteiger partial charge in [0.2, 0.25) is 0 Å². The molecule has 1 aromatic heterocycles. The molecule has 0 saturated carbocycles. The van der Waals surface area contributed by atoms with Gasteiger partial charge in [-0.15, -0.1) is 0 Å². The zero-order chi connectivity index (χ0) is 8.97. The summed E-state index contributed by atoms with van der Waals surface area (Å²) in [6, 6.07) is 0. The number of aryl methyl sites for hydroxylation is 1. The fourth-order valence-corrected chi connectivity index (χ4v) is 1.60. The number of nitrogens with one attached hydrogen (secondary N) is 1. The molecule has 0 spiro atoms. The standard InChI is InChI=1S/C8H15N3S/c1-6-8(11-5-10-6)7(12)3-2-4-9/h5,7,12H,2-4,9H2,1H3,(H,10,11). The van der Waals surface area contributed by atoms with Crippen LogP contribution in [0.15, 0.2) is 6.33 Å². The smallest absolute Gasteiger partial charge is 0.0925 e. The van der Waals surface area contributed by atoms with Gasteiger partial charge in [0, 0.05) is 10.9 Å². The van der Waals surface area contributed by atoms with Gasteiger partial charge in [0.25, 0.3) is 0 Å². The SMILES string of the molecule is Cc1[nH]cnc1C(S)CCCN. The Morgan fingerprint density at radius 1 is 1.75 bits per heavy atom. The monoisotopic (exact) mass is 185 g/mol. The van der Waals surface area contributed by atoms with Crippen molar-refractivity contribution < 1.29 is 0 Å². The van der Waals surface area contributed by atoms with Crippen molar-refractivity contribution in [2.45, 2.75) is 25.0 Å². The summed E-state index contributed by atoms with van der Waals surface area (Å²) in [5.41, 5.74) is 7.56. The second-order valence-electron chi connectivity index (χ2n) is 2.86. The molecule has 1 aromatic rings. The predicted molar refractivity (Wildman–Crippen MR) is 53.3 cm³/mol. The summed E-state index contributed by atoms with van der Waals surface area (Å²) in [7, 11) is 0. The largest absolute Gasteiger partial charge is 0.348 e. The molecule has 1 heterocycles. The lowest BCUT2D eigenvalue weighted by atomic mass is 10.1. The molecule has 0 amide bonds. The summed E-state index contributed by atoms with van der Waals surface area (Å²) in [6.07, 6.45) is 3.70. The highest BCUT2D eigenvalue weighted by atomic mass is 32.1.